The van der Waals surface area contributed by atoms with Gasteiger partial charge in [0, 0.05) is 5.56 Å². The van der Waals surface area contributed by atoms with Crippen LogP contribution in [0.15, 0.2) is 54.9 Å². The number of hydrogen-bond donors (Lipinski definition) is 0. The maximum absolute atomic E-state index is 12.3. The molecule has 3 rings (SSSR count). The van der Waals surface area contributed by atoms with E-state index in [-0.39, 0.29) is 18.1 Å². The maximum Gasteiger partial charge on any atom is 0.573 e. The molecule has 0 N–H and O–H groups in total. The number of carbonyl (C=O) groups is 1. The molecule has 0 amide bonds. The van der Waals surface area contributed by atoms with E-state index in [1.54, 1.807) is 13.0 Å². The number of benzene rings is 2. The third-order valence-corrected chi connectivity index (χ3v) is 4.24. The summed E-state index contributed by atoms with van der Waals surface area (Å²) in [6.45, 7) is 4.05. The second kappa shape index (κ2) is 9.46. The van der Waals surface area contributed by atoms with Crippen LogP contribution in [0.2, 0.25) is 0 Å². The zero-order chi connectivity index (χ0) is 22.4. The Hall–Kier alpha value is -3.62. The van der Waals surface area contributed by atoms with Gasteiger partial charge in [-0.2, -0.15) is 0 Å². The number of aromatic nitrogens is 3. The highest BCUT2D eigenvalue weighted by Gasteiger charge is 2.31. The first kappa shape index (κ1) is 22.1. The van der Waals surface area contributed by atoms with E-state index in [0.717, 1.165) is 16.7 Å². The summed E-state index contributed by atoms with van der Waals surface area (Å²) < 4.78 is 47.1. The normalized spacial score (nSPS) is 11.6. The molecule has 0 atom stereocenters. The Morgan fingerprint density at radius 3 is 2.55 bits per heavy atom. The molecule has 0 saturated carbocycles. The summed E-state index contributed by atoms with van der Waals surface area (Å²) in [5, 5.41) is 4.39. The van der Waals surface area contributed by atoms with Crippen molar-refractivity contribution in [3.63, 3.8) is 0 Å². The molecule has 9 heteroatoms. The minimum absolute atomic E-state index is 0.202. The van der Waals surface area contributed by atoms with Crippen LogP contribution in [0.3, 0.4) is 0 Å². The summed E-state index contributed by atoms with van der Waals surface area (Å²) in [7, 11) is 0. The zero-order valence-electron chi connectivity index (χ0n) is 16.9. The van der Waals surface area contributed by atoms with Gasteiger partial charge in [0.15, 0.2) is 5.82 Å². The Labute approximate surface area is 176 Å². The largest absolute Gasteiger partial charge is 0.573 e. The van der Waals surface area contributed by atoms with Gasteiger partial charge in [0.05, 0.1) is 18.7 Å². The van der Waals surface area contributed by atoms with Crippen LogP contribution in [-0.2, 0) is 9.53 Å². The fourth-order valence-corrected chi connectivity index (χ4v) is 2.82. The van der Waals surface area contributed by atoms with Crippen LogP contribution < -0.4 is 4.74 Å². The summed E-state index contributed by atoms with van der Waals surface area (Å²) in [4.78, 5) is 15.7. The molecule has 3 aromatic rings. The number of rotatable bonds is 7. The lowest BCUT2D eigenvalue weighted by Gasteiger charge is -2.09. The molecule has 0 saturated heterocycles. The third-order valence-electron chi connectivity index (χ3n) is 4.24. The van der Waals surface area contributed by atoms with Gasteiger partial charge in [-0.25, -0.2) is 9.67 Å². The topological polar surface area (TPSA) is 66.2 Å². The standard InChI is InChI=1S/C22H20F3N3O3/c1-3-30-20(29)6-4-5-16-7-8-17(13-15(16)2)21-26-14-28(27-21)18-9-11-19(12-10-18)31-22(23,24)25/h4-5,7-14H,3,6H2,1-2H3/b5-4+. The van der Waals surface area contributed by atoms with E-state index in [1.807, 2.05) is 31.2 Å². The molecule has 6 nitrogen and oxygen atoms in total. The summed E-state index contributed by atoms with van der Waals surface area (Å²) in [6, 6.07) is 11.0. The molecule has 1 aromatic heterocycles. The average Bonchev–Trinajstić information content (AvgIpc) is 3.19. The Kier molecular flexibility index (Phi) is 6.74. The molecule has 0 spiro atoms. The van der Waals surface area contributed by atoms with Gasteiger partial charge >= 0.3 is 12.3 Å². The van der Waals surface area contributed by atoms with E-state index < -0.39 is 6.36 Å². The molecule has 0 aliphatic rings. The van der Waals surface area contributed by atoms with Crippen molar-refractivity contribution >= 4 is 12.0 Å². The van der Waals surface area contributed by atoms with E-state index in [9.17, 15) is 18.0 Å². The fourth-order valence-electron chi connectivity index (χ4n) is 2.82. The fraction of sp³-hybridized carbons (Fsp3) is 0.227. The van der Waals surface area contributed by atoms with Crippen molar-refractivity contribution in [2.24, 2.45) is 0 Å². The van der Waals surface area contributed by atoms with Crippen molar-refractivity contribution in [1.82, 2.24) is 14.8 Å². The lowest BCUT2D eigenvalue weighted by Crippen LogP contribution is -2.17. The smallest absolute Gasteiger partial charge is 0.466 e. The first-order valence-corrected chi connectivity index (χ1v) is 9.46. The van der Waals surface area contributed by atoms with Crippen LogP contribution in [0.4, 0.5) is 13.2 Å². The molecule has 0 aliphatic heterocycles. The molecule has 0 fully saturated rings. The number of halogens is 3. The number of aryl methyl sites for hydroxylation is 1. The zero-order valence-corrected chi connectivity index (χ0v) is 16.9. The first-order valence-electron chi connectivity index (χ1n) is 9.46. The highest BCUT2D eigenvalue weighted by Crippen LogP contribution is 2.24. The van der Waals surface area contributed by atoms with Crippen molar-refractivity contribution in [2.45, 2.75) is 26.6 Å². The summed E-state index contributed by atoms with van der Waals surface area (Å²) in [5.74, 6) is -0.111. The molecule has 1 heterocycles. The van der Waals surface area contributed by atoms with Crippen molar-refractivity contribution in [2.75, 3.05) is 6.61 Å². The highest BCUT2D eigenvalue weighted by molar-refractivity contribution is 5.73. The molecular weight excluding hydrogens is 411 g/mol. The van der Waals surface area contributed by atoms with Gasteiger partial charge in [0.25, 0.3) is 0 Å². The van der Waals surface area contributed by atoms with Gasteiger partial charge in [-0.1, -0.05) is 24.3 Å². The Morgan fingerprint density at radius 2 is 1.90 bits per heavy atom. The second-order valence-electron chi connectivity index (χ2n) is 6.54. The van der Waals surface area contributed by atoms with Crippen molar-refractivity contribution in [3.05, 3.63) is 66.0 Å². The number of carbonyl (C=O) groups excluding carboxylic acids is 1. The molecule has 2 aromatic carbocycles. The van der Waals surface area contributed by atoms with Crippen LogP contribution in [0.25, 0.3) is 23.2 Å². The Bertz CT molecular complexity index is 1070. The maximum atomic E-state index is 12.3. The Morgan fingerprint density at radius 1 is 1.16 bits per heavy atom. The molecule has 31 heavy (non-hydrogen) atoms. The lowest BCUT2D eigenvalue weighted by molar-refractivity contribution is -0.274. The molecule has 0 bridgehead atoms. The molecule has 0 aliphatic carbocycles. The van der Waals surface area contributed by atoms with Crippen LogP contribution in [0.1, 0.15) is 24.5 Å². The molecule has 0 unspecified atom stereocenters. The van der Waals surface area contributed by atoms with Crippen molar-refractivity contribution in [1.29, 1.82) is 0 Å². The lowest BCUT2D eigenvalue weighted by atomic mass is 10.0. The van der Waals surface area contributed by atoms with Crippen LogP contribution in [0, 0.1) is 6.92 Å². The van der Waals surface area contributed by atoms with E-state index in [0.29, 0.717) is 18.1 Å². The number of alkyl halides is 3. The predicted octanol–water partition coefficient (Wildman–Crippen LogP) is 5.11. The summed E-state index contributed by atoms with van der Waals surface area (Å²) in [6.07, 6.45) is 0.553. The SMILES string of the molecule is CCOC(=O)C/C=C/c1ccc(-c2ncn(-c3ccc(OC(F)(F)F)cc3)n2)cc1C. The Balaban J connectivity index is 1.71. The van der Waals surface area contributed by atoms with E-state index in [4.69, 9.17) is 4.74 Å². The van der Waals surface area contributed by atoms with E-state index in [2.05, 4.69) is 14.8 Å². The predicted molar refractivity (Wildman–Crippen MR) is 108 cm³/mol. The summed E-state index contributed by atoms with van der Waals surface area (Å²) in [5.41, 5.74) is 3.26. The van der Waals surface area contributed by atoms with E-state index >= 15 is 0 Å². The number of ether oxygens (including phenoxy) is 2. The van der Waals surface area contributed by atoms with Gasteiger partial charge in [-0.15, -0.1) is 18.3 Å². The van der Waals surface area contributed by atoms with Crippen LogP contribution >= 0.6 is 0 Å². The van der Waals surface area contributed by atoms with Crippen LogP contribution in [0.5, 0.6) is 5.75 Å². The number of nitrogens with zero attached hydrogens (tertiary/aromatic N) is 3. The minimum atomic E-state index is -4.74. The molecule has 162 valence electrons. The van der Waals surface area contributed by atoms with Gasteiger partial charge < -0.3 is 9.47 Å². The number of hydrogen-bond acceptors (Lipinski definition) is 5. The van der Waals surface area contributed by atoms with Gasteiger partial charge in [0.1, 0.15) is 12.1 Å². The van der Waals surface area contributed by atoms with Crippen molar-refractivity contribution < 1.29 is 27.4 Å². The van der Waals surface area contributed by atoms with Gasteiger partial charge in [-0.05, 0) is 55.3 Å². The highest BCUT2D eigenvalue weighted by atomic mass is 19.4. The minimum Gasteiger partial charge on any atom is -0.466 e. The van der Waals surface area contributed by atoms with Crippen LogP contribution in [-0.4, -0.2) is 33.7 Å². The quantitative estimate of drug-likeness (QED) is 0.487. The van der Waals surface area contributed by atoms with E-state index in [1.165, 1.54) is 35.3 Å². The molecule has 0 radical (unpaired) electrons. The second-order valence-corrected chi connectivity index (χ2v) is 6.54. The van der Waals surface area contributed by atoms with Crippen molar-refractivity contribution in [3.8, 4) is 22.8 Å². The third kappa shape index (κ3) is 6.18. The average molecular weight is 431 g/mol. The van der Waals surface area contributed by atoms with Gasteiger partial charge in [-0.3, -0.25) is 4.79 Å². The number of esters is 1. The van der Waals surface area contributed by atoms with Gasteiger partial charge in [0.2, 0.25) is 0 Å². The first-order chi connectivity index (χ1) is 14.7. The monoisotopic (exact) mass is 431 g/mol. The molecular formula is C22H20F3N3O3. The summed E-state index contributed by atoms with van der Waals surface area (Å²) >= 11 is 0.